The summed E-state index contributed by atoms with van der Waals surface area (Å²) >= 11 is 5.94. The van der Waals surface area contributed by atoms with Gasteiger partial charge in [-0.05, 0) is 26.0 Å². The van der Waals surface area contributed by atoms with Crippen LogP contribution in [0.2, 0.25) is 0 Å². The van der Waals surface area contributed by atoms with Gasteiger partial charge in [-0.15, -0.1) is 16.7 Å². The van der Waals surface area contributed by atoms with E-state index >= 15 is 0 Å². The van der Waals surface area contributed by atoms with E-state index in [2.05, 4.69) is 10.3 Å². The molecular weight excluding hydrogens is 229 g/mol. The van der Waals surface area contributed by atoms with Gasteiger partial charge in [-0.3, -0.25) is 0 Å². The Balaban J connectivity index is 2.54. The molecule has 0 aliphatic rings. The first-order valence-corrected chi connectivity index (χ1v) is 5.36. The number of hydrogen-bond acceptors (Lipinski definition) is 2. The zero-order valence-electron chi connectivity index (χ0n) is 8.98. The molecule has 1 atom stereocenters. The van der Waals surface area contributed by atoms with Crippen LogP contribution in [0.5, 0.6) is 0 Å². The van der Waals surface area contributed by atoms with Crippen molar-refractivity contribution in [3.63, 3.8) is 0 Å². The minimum absolute atomic E-state index is 0.236. The summed E-state index contributed by atoms with van der Waals surface area (Å²) in [6.07, 6.45) is 0. The van der Waals surface area contributed by atoms with Gasteiger partial charge in [0, 0.05) is 0 Å². The molecule has 1 aromatic heterocycles. The largest absolute Gasteiger partial charge is 0.215 e. The fourth-order valence-electron chi connectivity index (χ4n) is 1.56. The lowest BCUT2D eigenvalue weighted by atomic mass is 10.2. The van der Waals surface area contributed by atoms with Crippen molar-refractivity contribution in [3.8, 4) is 5.69 Å². The maximum absolute atomic E-state index is 13.5. The highest BCUT2D eigenvalue weighted by atomic mass is 35.5. The molecule has 0 aliphatic heterocycles. The Bertz CT molecular complexity index is 508. The minimum atomic E-state index is -0.329. The van der Waals surface area contributed by atoms with Crippen molar-refractivity contribution in [2.24, 2.45) is 0 Å². The standard InChI is InChI=1S/C11H11ClFN3/c1-7(12)11-8(2)16(15-14-11)10-6-4-3-5-9(10)13/h3-7H,1-2H3. The van der Waals surface area contributed by atoms with E-state index < -0.39 is 0 Å². The predicted molar refractivity (Wildman–Crippen MR) is 60.3 cm³/mol. The first kappa shape index (κ1) is 11.1. The predicted octanol–water partition coefficient (Wildman–Crippen LogP) is 3.01. The Labute approximate surface area is 97.8 Å². The molecule has 0 radical (unpaired) electrons. The maximum Gasteiger partial charge on any atom is 0.148 e. The highest BCUT2D eigenvalue weighted by Gasteiger charge is 2.15. The minimum Gasteiger partial charge on any atom is -0.215 e. The Morgan fingerprint density at radius 1 is 1.38 bits per heavy atom. The summed E-state index contributed by atoms with van der Waals surface area (Å²) in [6.45, 7) is 3.63. The number of hydrogen-bond donors (Lipinski definition) is 0. The Morgan fingerprint density at radius 3 is 2.62 bits per heavy atom. The molecule has 1 heterocycles. The summed E-state index contributed by atoms with van der Waals surface area (Å²) in [5.41, 5.74) is 1.81. The molecule has 2 aromatic rings. The van der Waals surface area contributed by atoms with E-state index in [0.29, 0.717) is 11.4 Å². The van der Waals surface area contributed by atoms with Gasteiger partial charge in [-0.2, -0.15) is 0 Å². The molecule has 0 spiro atoms. The quantitative estimate of drug-likeness (QED) is 0.755. The summed E-state index contributed by atoms with van der Waals surface area (Å²) in [7, 11) is 0. The van der Waals surface area contributed by atoms with Gasteiger partial charge in [0.2, 0.25) is 0 Å². The van der Waals surface area contributed by atoms with Gasteiger partial charge < -0.3 is 0 Å². The third-order valence-electron chi connectivity index (χ3n) is 2.39. The summed E-state index contributed by atoms with van der Waals surface area (Å²) in [6, 6.07) is 6.43. The van der Waals surface area contributed by atoms with Crippen molar-refractivity contribution in [2.45, 2.75) is 19.2 Å². The van der Waals surface area contributed by atoms with Crippen LogP contribution in [0.4, 0.5) is 4.39 Å². The topological polar surface area (TPSA) is 30.7 Å². The monoisotopic (exact) mass is 239 g/mol. The van der Waals surface area contributed by atoms with Crippen LogP contribution < -0.4 is 0 Å². The maximum atomic E-state index is 13.5. The first-order chi connectivity index (χ1) is 7.61. The molecule has 84 valence electrons. The zero-order chi connectivity index (χ0) is 11.7. The van der Waals surface area contributed by atoms with E-state index in [1.807, 2.05) is 13.8 Å². The van der Waals surface area contributed by atoms with E-state index in [4.69, 9.17) is 11.6 Å². The second-order valence-electron chi connectivity index (χ2n) is 3.54. The number of nitrogens with zero attached hydrogens (tertiary/aromatic N) is 3. The molecule has 0 saturated carbocycles. The van der Waals surface area contributed by atoms with Crippen LogP contribution in [0, 0.1) is 12.7 Å². The number of alkyl halides is 1. The van der Waals surface area contributed by atoms with Crippen molar-refractivity contribution in [1.29, 1.82) is 0 Å². The molecule has 0 bridgehead atoms. The van der Waals surface area contributed by atoms with E-state index in [-0.39, 0.29) is 11.2 Å². The van der Waals surface area contributed by atoms with Gasteiger partial charge in [0.15, 0.2) is 0 Å². The summed E-state index contributed by atoms with van der Waals surface area (Å²) in [5, 5.41) is 7.62. The molecule has 3 nitrogen and oxygen atoms in total. The lowest BCUT2D eigenvalue weighted by Gasteiger charge is -2.05. The van der Waals surface area contributed by atoms with Crippen LogP contribution in [0.1, 0.15) is 23.7 Å². The Morgan fingerprint density at radius 2 is 2.06 bits per heavy atom. The van der Waals surface area contributed by atoms with Crippen molar-refractivity contribution >= 4 is 11.6 Å². The number of para-hydroxylation sites is 1. The lowest BCUT2D eigenvalue weighted by Crippen LogP contribution is -2.02. The van der Waals surface area contributed by atoms with Crippen molar-refractivity contribution < 1.29 is 4.39 Å². The third-order valence-corrected chi connectivity index (χ3v) is 2.59. The third kappa shape index (κ3) is 1.80. The van der Waals surface area contributed by atoms with Crippen molar-refractivity contribution in [3.05, 3.63) is 41.5 Å². The zero-order valence-corrected chi connectivity index (χ0v) is 9.74. The lowest BCUT2D eigenvalue weighted by molar-refractivity contribution is 0.604. The molecule has 0 fully saturated rings. The average Bonchev–Trinajstić information content (AvgIpc) is 2.61. The van der Waals surface area contributed by atoms with Gasteiger partial charge in [0.05, 0.1) is 11.1 Å². The molecule has 0 amide bonds. The molecule has 2 rings (SSSR count). The second-order valence-corrected chi connectivity index (χ2v) is 4.19. The fourth-order valence-corrected chi connectivity index (χ4v) is 1.76. The summed E-state index contributed by atoms with van der Waals surface area (Å²) < 4.78 is 15.0. The van der Waals surface area contributed by atoms with Gasteiger partial charge >= 0.3 is 0 Å². The van der Waals surface area contributed by atoms with Crippen molar-refractivity contribution in [1.82, 2.24) is 15.0 Å². The van der Waals surface area contributed by atoms with Gasteiger partial charge in [-0.1, -0.05) is 17.3 Å². The Kier molecular flexibility index (Phi) is 2.92. The van der Waals surface area contributed by atoms with Gasteiger partial charge in [0.1, 0.15) is 17.2 Å². The van der Waals surface area contributed by atoms with Crippen LogP contribution in [-0.4, -0.2) is 15.0 Å². The summed E-state index contributed by atoms with van der Waals surface area (Å²) in [4.78, 5) is 0. The normalized spacial score (nSPS) is 12.8. The molecule has 0 saturated heterocycles. The SMILES string of the molecule is Cc1c(C(C)Cl)nnn1-c1ccccc1F. The number of aromatic nitrogens is 3. The van der Waals surface area contributed by atoms with Gasteiger partial charge in [-0.25, -0.2) is 9.07 Å². The molecule has 0 N–H and O–H groups in total. The van der Waals surface area contributed by atoms with Crippen LogP contribution in [-0.2, 0) is 0 Å². The molecule has 1 aromatic carbocycles. The van der Waals surface area contributed by atoms with E-state index in [0.717, 1.165) is 5.69 Å². The van der Waals surface area contributed by atoms with Crippen LogP contribution in [0.3, 0.4) is 0 Å². The van der Waals surface area contributed by atoms with E-state index in [9.17, 15) is 4.39 Å². The molecule has 16 heavy (non-hydrogen) atoms. The number of benzene rings is 1. The van der Waals surface area contributed by atoms with Gasteiger partial charge in [0.25, 0.3) is 0 Å². The second kappa shape index (κ2) is 4.22. The number of halogens is 2. The van der Waals surface area contributed by atoms with E-state index in [1.165, 1.54) is 10.7 Å². The summed E-state index contributed by atoms with van der Waals surface area (Å²) in [5.74, 6) is -0.329. The smallest absolute Gasteiger partial charge is 0.148 e. The highest BCUT2D eigenvalue weighted by molar-refractivity contribution is 6.20. The van der Waals surface area contributed by atoms with Crippen molar-refractivity contribution in [2.75, 3.05) is 0 Å². The average molecular weight is 240 g/mol. The number of rotatable bonds is 2. The molecular formula is C11H11ClFN3. The molecule has 0 aliphatic carbocycles. The van der Waals surface area contributed by atoms with E-state index in [1.54, 1.807) is 18.2 Å². The highest BCUT2D eigenvalue weighted by Crippen LogP contribution is 2.22. The Hall–Kier alpha value is -1.42. The molecule has 5 heteroatoms. The fraction of sp³-hybridized carbons (Fsp3) is 0.273. The molecule has 1 unspecified atom stereocenters. The van der Waals surface area contributed by atoms with Crippen LogP contribution in [0.15, 0.2) is 24.3 Å². The first-order valence-electron chi connectivity index (χ1n) is 4.92. The van der Waals surface area contributed by atoms with Crippen LogP contribution in [0.25, 0.3) is 5.69 Å². The van der Waals surface area contributed by atoms with Crippen LogP contribution >= 0.6 is 11.6 Å².